The lowest BCUT2D eigenvalue weighted by Crippen LogP contribution is -2.47. The van der Waals surface area contributed by atoms with Crippen molar-refractivity contribution in [1.29, 1.82) is 0 Å². The molecule has 1 aliphatic heterocycles. The van der Waals surface area contributed by atoms with Crippen LogP contribution >= 0.6 is 11.3 Å². The number of aromatic nitrogens is 1. The van der Waals surface area contributed by atoms with E-state index in [-0.39, 0.29) is 11.9 Å². The predicted octanol–water partition coefficient (Wildman–Crippen LogP) is 2.33. The molecule has 0 spiro atoms. The molecular weight excluding hydrogens is 270 g/mol. The summed E-state index contributed by atoms with van der Waals surface area (Å²) >= 11 is 1.71. The topological polar surface area (TPSA) is 45.2 Å². The van der Waals surface area contributed by atoms with Crippen molar-refractivity contribution in [2.45, 2.75) is 57.7 Å². The Morgan fingerprint density at radius 1 is 1.40 bits per heavy atom. The normalized spacial score (nSPS) is 30.4. The molecule has 3 rings (SSSR count). The summed E-state index contributed by atoms with van der Waals surface area (Å²) in [4.78, 5) is 20.4. The summed E-state index contributed by atoms with van der Waals surface area (Å²) in [6.45, 7) is 2.76. The van der Waals surface area contributed by atoms with Gasteiger partial charge in [-0.25, -0.2) is 4.98 Å². The van der Waals surface area contributed by atoms with Gasteiger partial charge in [-0.15, -0.1) is 11.3 Å². The lowest BCUT2D eigenvalue weighted by molar-refractivity contribution is -0.136. The van der Waals surface area contributed by atoms with Crippen molar-refractivity contribution in [3.8, 4) is 0 Å². The molecule has 0 aromatic carbocycles. The van der Waals surface area contributed by atoms with Crippen molar-refractivity contribution in [1.82, 2.24) is 15.2 Å². The van der Waals surface area contributed by atoms with E-state index < -0.39 is 0 Å². The standard InChI is InChI=1S/C15H23N3OS/c1-10-17-8-12(20-10)9-18-14-5-3-4-11(14)6-7-13(16-2)15(18)19/h8,11,13-14,16H,3-7,9H2,1-2H3. The minimum atomic E-state index is -0.00498. The summed E-state index contributed by atoms with van der Waals surface area (Å²) in [5.41, 5.74) is 0. The number of nitrogens with one attached hydrogen (secondary N) is 1. The van der Waals surface area contributed by atoms with Gasteiger partial charge in [0.15, 0.2) is 0 Å². The molecule has 5 heteroatoms. The summed E-state index contributed by atoms with van der Waals surface area (Å²) in [5, 5.41) is 4.28. The number of likely N-dealkylation sites (tertiary alicyclic amines) is 1. The Hall–Kier alpha value is -0.940. The Morgan fingerprint density at radius 2 is 2.25 bits per heavy atom. The summed E-state index contributed by atoms with van der Waals surface area (Å²) < 4.78 is 0. The first-order valence-corrected chi connectivity index (χ1v) is 8.39. The summed E-state index contributed by atoms with van der Waals surface area (Å²) in [7, 11) is 1.90. The monoisotopic (exact) mass is 293 g/mol. The van der Waals surface area contributed by atoms with Crippen molar-refractivity contribution >= 4 is 17.2 Å². The van der Waals surface area contributed by atoms with Crippen LogP contribution in [0.15, 0.2) is 6.20 Å². The number of hydrogen-bond donors (Lipinski definition) is 1. The van der Waals surface area contributed by atoms with Gasteiger partial charge >= 0.3 is 0 Å². The second-order valence-corrected chi connectivity index (χ2v) is 7.31. The van der Waals surface area contributed by atoms with Crippen LogP contribution in [0.1, 0.15) is 42.0 Å². The average molecular weight is 293 g/mol. The van der Waals surface area contributed by atoms with Gasteiger partial charge in [0.2, 0.25) is 5.91 Å². The van der Waals surface area contributed by atoms with E-state index in [4.69, 9.17) is 0 Å². The molecule has 2 heterocycles. The molecule has 110 valence electrons. The molecule has 0 bridgehead atoms. The van der Waals surface area contributed by atoms with E-state index in [1.165, 1.54) is 30.6 Å². The fourth-order valence-electron chi connectivity index (χ4n) is 3.74. The van der Waals surface area contributed by atoms with Gasteiger partial charge in [0.05, 0.1) is 17.6 Å². The Bertz CT molecular complexity index is 487. The van der Waals surface area contributed by atoms with Crippen LogP contribution in [0.25, 0.3) is 0 Å². The molecule has 3 unspecified atom stereocenters. The summed E-state index contributed by atoms with van der Waals surface area (Å²) in [6.07, 6.45) is 7.81. The van der Waals surface area contributed by atoms with Gasteiger partial charge < -0.3 is 10.2 Å². The van der Waals surface area contributed by atoms with Gasteiger partial charge in [0, 0.05) is 17.1 Å². The number of amides is 1. The Labute approximate surface area is 124 Å². The minimum Gasteiger partial charge on any atom is -0.333 e. The molecule has 20 heavy (non-hydrogen) atoms. The molecule has 1 aromatic rings. The molecule has 1 saturated heterocycles. The number of nitrogens with zero attached hydrogens (tertiary/aromatic N) is 2. The highest BCUT2D eigenvalue weighted by molar-refractivity contribution is 7.11. The first-order chi connectivity index (χ1) is 9.69. The maximum absolute atomic E-state index is 12.8. The van der Waals surface area contributed by atoms with Crippen LogP contribution in [0.3, 0.4) is 0 Å². The van der Waals surface area contributed by atoms with E-state index in [0.29, 0.717) is 12.0 Å². The van der Waals surface area contributed by atoms with Gasteiger partial charge in [-0.3, -0.25) is 4.79 Å². The van der Waals surface area contributed by atoms with Crippen LogP contribution in [-0.2, 0) is 11.3 Å². The van der Waals surface area contributed by atoms with E-state index >= 15 is 0 Å². The SMILES string of the molecule is CNC1CCC2CCCC2N(Cc2cnc(C)s2)C1=O. The predicted molar refractivity (Wildman–Crippen MR) is 80.6 cm³/mol. The highest BCUT2D eigenvalue weighted by Gasteiger charge is 2.40. The van der Waals surface area contributed by atoms with E-state index in [1.807, 2.05) is 20.2 Å². The zero-order valence-electron chi connectivity index (χ0n) is 12.3. The van der Waals surface area contributed by atoms with Crippen molar-refractivity contribution < 1.29 is 4.79 Å². The number of hydrogen-bond acceptors (Lipinski definition) is 4. The van der Waals surface area contributed by atoms with Crippen LogP contribution in [0.4, 0.5) is 0 Å². The van der Waals surface area contributed by atoms with Crippen LogP contribution in [-0.4, -0.2) is 34.9 Å². The van der Waals surface area contributed by atoms with E-state index in [1.54, 1.807) is 11.3 Å². The van der Waals surface area contributed by atoms with Crippen LogP contribution in [0.2, 0.25) is 0 Å². The molecule has 0 radical (unpaired) electrons. The van der Waals surface area contributed by atoms with Crippen molar-refractivity contribution in [2.24, 2.45) is 5.92 Å². The second kappa shape index (κ2) is 5.82. The third kappa shape index (κ3) is 2.61. The Balaban J connectivity index is 1.84. The van der Waals surface area contributed by atoms with Crippen LogP contribution in [0.5, 0.6) is 0 Å². The largest absolute Gasteiger partial charge is 0.333 e. The number of rotatable bonds is 3. The number of fused-ring (bicyclic) bond motifs is 1. The van der Waals surface area contributed by atoms with E-state index in [0.717, 1.165) is 18.0 Å². The van der Waals surface area contributed by atoms with Crippen LogP contribution in [0, 0.1) is 12.8 Å². The fourth-order valence-corrected chi connectivity index (χ4v) is 4.54. The third-order valence-corrected chi connectivity index (χ3v) is 5.67. The van der Waals surface area contributed by atoms with E-state index in [9.17, 15) is 4.79 Å². The summed E-state index contributed by atoms with van der Waals surface area (Å²) in [6, 6.07) is 0.442. The lowest BCUT2D eigenvalue weighted by Gasteiger charge is -2.31. The molecule has 4 nitrogen and oxygen atoms in total. The molecule has 1 saturated carbocycles. The molecule has 1 N–H and O–H groups in total. The lowest BCUT2D eigenvalue weighted by atomic mass is 9.97. The third-order valence-electron chi connectivity index (χ3n) is 4.77. The van der Waals surface area contributed by atoms with Crippen LogP contribution < -0.4 is 5.32 Å². The number of carbonyl (C=O) groups excluding carboxylic acids is 1. The van der Waals surface area contributed by atoms with Gasteiger partial charge in [0.1, 0.15) is 0 Å². The zero-order valence-corrected chi connectivity index (χ0v) is 13.1. The molecule has 2 aliphatic rings. The van der Waals surface area contributed by atoms with Gasteiger partial charge in [0.25, 0.3) is 0 Å². The van der Waals surface area contributed by atoms with Crippen molar-refractivity contribution in [2.75, 3.05) is 7.05 Å². The molecule has 1 aliphatic carbocycles. The number of carbonyl (C=O) groups is 1. The molecule has 1 aromatic heterocycles. The Kier molecular flexibility index (Phi) is 4.08. The quantitative estimate of drug-likeness (QED) is 0.930. The Morgan fingerprint density at radius 3 is 2.95 bits per heavy atom. The van der Waals surface area contributed by atoms with Gasteiger partial charge in [-0.1, -0.05) is 6.42 Å². The molecule has 3 atom stereocenters. The second-order valence-electron chi connectivity index (χ2n) is 5.99. The van der Waals surface area contributed by atoms with Gasteiger partial charge in [-0.2, -0.15) is 0 Å². The number of likely N-dealkylation sites (N-methyl/N-ethyl adjacent to an activating group) is 1. The zero-order chi connectivity index (χ0) is 14.1. The smallest absolute Gasteiger partial charge is 0.240 e. The van der Waals surface area contributed by atoms with Crippen molar-refractivity contribution in [3.63, 3.8) is 0 Å². The first-order valence-electron chi connectivity index (χ1n) is 7.58. The highest BCUT2D eigenvalue weighted by atomic mass is 32.1. The minimum absolute atomic E-state index is 0.00498. The molecule has 1 amide bonds. The average Bonchev–Trinajstić information content (AvgIpc) is 3.03. The van der Waals surface area contributed by atoms with Crippen molar-refractivity contribution in [3.05, 3.63) is 16.1 Å². The first kappa shape index (κ1) is 14.0. The fraction of sp³-hybridized carbons (Fsp3) is 0.733. The maximum atomic E-state index is 12.8. The van der Waals surface area contributed by atoms with Gasteiger partial charge in [-0.05, 0) is 45.6 Å². The maximum Gasteiger partial charge on any atom is 0.240 e. The highest BCUT2D eigenvalue weighted by Crippen LogP contribution is 2.37. The number of aryl methyl sites for hydroxylation is 1. The summed E-state index contributed by atoms with van der Waals surface area (Å²) in [5.74, 6) is 0.985. The molecule has 2 fully saturated rings. The molecular formula is C15H23N3OS. The van der Waals surface area contributed by atoms with E-state index in [2.05, 4.69) is 15.2 Å². The number of thiazole rings is 1.